The van der Waals surface area contributed by atoms with E-state index < -0.39 is 17.7 Å². The average molecular weight is 456 g/mol. The topological polar surface area (TPSA) is 101 Å². The third-order valence-electron chi connectivity index (χ3n) is 4.81. The van der Waals surface area contributed by atoms with Crippen LogP contribution < -0.4 is 11.1 Å². The predicted molar refractivity (Wildman–Crippen MR) is 118 cm³/mol. The van der Waals surface area contributed by atoms with E-state index in [2.05, 4.69) is 27.9 Å². The molecule has 0 radical (unpaired) electrons. The van der Waals surface area contributed by atoms with Crippen LogP contribution in [0, 0.1) is 0 Å². The number of benzene rings is 2. The number of fused-ring (bicyclic) bond motifs is 1. The number of hydrogen-bond acceptors (Lipinski definition) is 6. The lowest BCUT2D eigenvalue weighted by Crippen LogP contribution is -2.09. The van der Waals surface area contributed by atoms with E-state index in [4.69, 9.17) is 5.73 Å². The van der Waals surface area contributed by atoms with E-state index in [0.717, 1.165) is 12.3 Å². The summed E-state index contributed by atoms with van der Waals surface area (Å²) in [4.78, 5) is 20.0. The van der Waals surface area contributed by atoms with Gasteiger partial charge < -0.3 is 16.2 Å². The highest BCUT2D eigenvalue weighted by atomic mass is 32.1. The normalized spacial score (nSPS) is 11.5. The fourth-order valence-electron chi connectivity index (χ4n) is 3.33. The fraction of sp³-hybridized carbons (Fsp3) is 0.0455. The van der Waals surface area contributed by atoms with Gasteiger partial charge in [-0.05, 0) is 35.9 Å². The van der Waals surface area contributed by atoms with E-state index in [0.29, 0.717) is 27.2 Å². The maximum atomic E-state index is 13.6. The molecule has 6 nitrogen and oxygen atoms in total. The van der Waals surface area contributed by atoms with Crippen LogP contribution in [0.3, 0.4) is 0 Å². The number of carbonyl (C=O) groups is 1. The number of hydrogen-bond donors (Lipinski definition) is 4. The molecular formula is C22H15F3N4O2S. The van der Waals surface area contributed by atoms with Crippen LogP contribution in [0.4, 0.5) is 30.4 Å². The van der Waals surface area contributed by atoms with Crippen molar-refractivity contribution < 1.29 is 23.1 Å². The molecule has 2 heterocycles. The van der Waals surface area contributed by atoms with Gasteiger partial charge in [-0.1, -0.05) is 18.2 Å². The molecule has 10 heteroatoms. The molecule has 4 aromatic rings. The van der Waals surface area contributed by atoms with Crippen molar-refractivity contribution in [2.75, 3.05) is 11.1 Å². The van der Waals surface area contributed by atoms with Crippen molar-refractivity contribution in [1.82, 2.24) is 9.97 Å². The molecule has 0 aliphatic heterocycles. The molecule has 0 aliphatic carbocycles. The number of aromatic nitrogens is 2. The summed E-state index contributed by atoms with van der Waals surface area (Å²) in [5, 5.41) is 13.0. The zero-order valence-corrected chi connectivity index (χ0v) is 17.1. The summed E-state index contributed by atoms with van der Waals surface area (Å²) in [6.07, 6.45) is -2.08. The molecule has 0 spiro atoms. The number of aromatic carboxylic acids is 1. The number of pyridine rings is 2. The highest BCUT2D eigenvalue weighted by Gasteiger charge is 2.34. The lowest BCUT2D eigenvalue weighted by atomic mass is 9.99. The number of rotatable bonds is 4. The Labute approximate surface area is 185 Å². The largest absolute Gasteiger partial charge is 0.478 e. The van der Waals surface area contributed by atoms with E-state index in [9.17, 15) is 23.1 Å². The van der Waals surface area contributed by atoms with Gasteiger partial charge in [-0.25, -0.2) is 9.78 Å². The van der Waals surface area contributed by atoms with Crippen LogP contribution in [0.1, 0.15) is 15.9 Å². The number of alkyl halides is 3. The molecule has 0 saturated carbocycles. The van der Waals surface area contributed by atoms with Crippen LogP contribution in [0.5, 0.6) is 0 Å². The number of anilines is 3. The van der Waals surface area contributed by atoms with Crippen LogP contribution in [0.15, 0.2) is 65.8 Å². The maximum absolute atomic E-state index is 13.6. The van der Waals surface area contributed by atoms with Gasteiger partial charge in [0.1, 0.15) is 5.82 Å². The maximum Gasteiger partial charge on any atom is 0.417 e. The average Bonchev–Trinajstić information content (AvgIpc) is 2.75. The lowest BCUT2D eigenvalue weighted by Gasteiger charge is -2.16. The van der Waals surface area contributed by atoms with Crippen molar-refractivity contribution in [3.05, 3.63) is 72.1 Å². The van der Waals surface area contributed by atoms with E-state index in [-0.39, 0.29) is 22.5 Å². The van der Waals surface area contributed by atoms with Gasteiger partial charge in [0, 0.05) is 28.2 Å². The highest BCUT2D eigenvalue weighted by molar-refractivity contribution is 7.80. The molecule has 0 saturated heterocycles. The van der Waals surface area contributed by atoms with Crippen molar-refractivity contribution in [3.8, 4) is 11.1 Å². The lowest BCUT2D eigenvalue weighted by molar-refractivity contribution is -0.137. The molecular weight excluding hydrogens is 441 g/mol. The van der Waals surface area contributed by atoms with E-state index in [1.807, 2.05) is 0 Å². The Balaban J connectivity index is 1.91. The van der Waals surface area contributed by atoms with Crippen molar-refractivity contribution in [1.29, 1.82) is 0 Å². The minimum absolute atomic E-state index is 0.0310. The minimum atomic E-state index is -4.63. The standard InChI is InChI=1S/C22H15F3N4O2S/c23-22(24,25)15-8-19(26)28-9-14(15)11-5-6-16-13(7-11)20(18(32)10-27-16)29-17-4-2-1-3-12(17)21(30)31/h1-10,32H,(H2,26,28)(H,27,29)(H,30,31). The molecule has 4 rings (SSSR count). The van der Waals surface area contributed by atoms with Crippen LogP contribution in [0.25, 0.3) is 22.0 Å². The number of carboxylic acid groups (broad SMARTS) is 1. The van der Waals surface area contributed by atoms with Gasteiger partial charge in [-0.3, -0.25) is 4.98 Å². The number of halogens is 3. The molecule has 0 unspecified atom stereocenters. The Bertz CT molecular complexity index is 1360. The van der Waals surface area contributed by atoms with Crippen LogP contribution in [-0.2, 0) is 6.18 Å². The second kappa shape index (κ2) is 8.04. The number of nitrogen functional groups attached to an aromatic ring is 1. The third kappa shape index (κ3) is 4.04. The number of carboxylic acids is 1. The summed E-state index contributed by atoms with van der Waals surface area (Å²) < 4.78 is 40.8. The monoisotopic (exact) mass is 456 g/mol. The molecule has 0 bridgehead atoms. The van der Waals surface area contributed by atoms with Crippen molar-refractivity contribution in [2.24, 2.45) is 0 Å². The van der Waals surface area contributed by atoms with E-state index >= 15 is 0 Å². The van der Waals surface area contributed by atoms with Crippen LogP contribution in [0.2, 0.25) is 0 Å². The molecule has 162 valence electrons. The SMILES string of the molecule is Nc1cc(C(F)(F)F)c(-c2ccc3ncc(S)c(Nc4ccccc4C(=O)O)c3c2)cn1. The van der Waals surface area contributed by atoms with Gasteiger partial charge in [0.2, 0.25) is 0 Å². The summed E-state index contributed by atoms with van der Waals surface area (Å²) in [5.74, 6) is -1.37. The molecule has 0 aliphatic rings. The Morgan fingerprint density at radius 3 is 2.53 bits per heavy atom. The predicted octanol–water partition coefficient (Wildman–Crippen LogP) is 5.63. The van der Waals surface area contributed by atoms with Crippen LogP contribution in [-0.4, -0.2) is 21.0 Å². The van der Waals surface area contributed by atoms with Gasteiger partial charge >= 0.3 is 12.1 Å². The minimum Gasteiger partial charge on any atom is -0.478 e. The summed E-state index contributed by atoms with van der Waals surface area (Å²) in [6.45, 7) is 0. The summed E-state index contributed by atoms with van der Waals surface area (Å²) in [5.41, 5.74) is 5.89. The second-order valence-corrected chi connectivity index (χ2v) is 7.36. The molecule has 2 aromatic carbocycles. The summed E-state index contributed by atoms with van der Waals surface area (Å²) >= 11 is 4.41. The molecule has 0 amide bonds. The van der Waals surface area contributed by atoms with Gasteiger partial charge in [-0.2, -0.15) is 13.2 Å². The van der Waals surface area contributed by atoms with Gasteiger partial charge in [-0.15, -0.1) is 12.6 Å². The van der Waals surface area contributed by atoms with E-state index in [1.165, 1.54) is 24.4 Å². The first kappa shape index (κ1) is 21.4. The molecule has 2 aromatic heterocycles. The Morgan fingerprint density at radius 2 is 1.81 bits per heavy atom. The number of nitrogens with two attached hydrogens (primary N) is 1. The molecule has 0 atom stereocenters. The Hall–Kier alpha value is -3.79. The third-order valence-corrected chi connectivity index (χ3v) is 5.15. The number of nitrogens with one attached hydrogen (secondary N) is 1. The van der Waals surface area contributed by atoms with E-state index in [1.54, 1.807) is 24.3 Å². The highest BCUT2D eigenvalue weighted by Crippen LogP contribution is 2.40. The first-order valence-electron chi connectivity index (χ1n) is 9.19. The quantitative estimate of drug-likeness (QED) is 0.297. The number of nitrogens with zero attached hydrogens (tertiary/aromatic N) is 2. The molecule has 0 fully saturated rings. The first-order valence-corrected chi connectivity index (χ1v) is 9.64. The second-order valence-electron chi connectivity index (χ2n) is 6.88. The van der Waals surface area contributed by atoms with Crippen molar-refractivity contribution in [2.45, 2.75) is 11.1 Å². The zero-order chi connectivity index (χ0) is 23.0. The van der Waals surface area contributed by atoms with Crippen molar-refractivity contribution in [3.63, 3.8) is 0 Å². The Kier molecular flexibility index (Phi) is 5.39. The first-order chi connectivity index (χ1) is 15.1. The number of thiol groups is 1. The Morgan fingerprint density at radius 1 is 1.06 bits per heavy atom. The van der Waals surface area contributed by atoms with Gasteiger partial charge in [0.15, 0.2) is 0 Å². The van der Waals surface area contributed by atoms with Crippen molar-refractivity contribution >= 4 is 46.7 Å². The summed E-state index contributed by atoms with van der Waals surface area (Å²) in [6, 6.07) is 11.7. The summed E-state index contributed by atoms with van der Waals surface area (Å²) in [7, 11) is 0. The number of para-hydroxylation sites is 1. The van der Waals surface area contributed by atoms with Gasteiger partial charge in [0.25, 0.3) is 0 Å². The fourth-order valence-corrected chi connectivity index (χ4v) is 3.56. The van der Waals surface area contributed by atoms with Crippen LogP contribution >= 0.6 is 12.6 Å². The molecule has 4 N–H and O–H groups in total. The molecule has 32 heavy (non-hydrogen) atoms. The zero-order valence-electron chi connectivity index (χ0n) is 16.2. The van der Waals surface area contributed by atoms with Gasteiger partial charge in [0.05, 0.1) is 28.0 Å². The smallest absolute Gasteiger partial charge is 0.417 e.